The predicted octanol–water partition coefficient (Wildman–Crippen LogP) is 3.84. The van der Waals surface area contributed by atoms with Crippen LogP contribution in [-0.2, 0) is 6.42 Å². The van der Waals surface area contributed by atoms with Gasteiger partial charge in [0.2, 0.25) is 0 Å². The Kier molecular flexibility index (Phi) is 6.11. The third kappa shape index (κ3) is 3.58. The molecule has 0 aliphatic carbocycles. The predicted molar refractivity (Wildman–Crippen MR) is 66.7 cm³/mol. The lowest BCUT2D eigenvalue weighted by Gasteiger charge is -2.05. The van der Waals surface area contributed by atoms with E-state index in [1.807, 2.05) is 32.9 Å². The summed E-state index contributed by atoms with van der Waals surface area (Å²) in [7, 11) is 0. The van der Waals surface area contributed by atoms with Gasteiger partial charge in [-0.2, -0.15) is 0 Å². The second kappa shape index (κ2) is 6.82. The largest absolute Gasteiger partial charge is 0.506 e. The molecule has 0 bridgehead atoms. The molecule has 0 aromatic carbocycles. The topological polar surface area (TPSA) is 33.1 Å². The van der Waals surface area contributed by atoms with Gasteiger partial charge in [-0.15, -0.1) is 0 Å². The van der Waals surface area contributed by atoms with Gasteiger partial charge in [-0.3, -0.25) is 0 Å². The van der Waals surface area contributed by atoms with Crippen LogP contribution in [0.4, 0.5) is 0 Å². The quantitative estimate of drug-likeness (QED) is 0.760. The Bertz CT molecular complexity index is 342. The molecule has 1 N–H and O–H groups in total. The normalized spacial score (nSPS) is 8.73. The van der Waals surface area contributed by atoms with Crippen LogP contribution in [0, 0.1) is 0 Å². The zero-order valence-corrected chi connectivity index (χ0v) is 9.75. The molecule has 1 aromatic heterocycles. The minimum absolute atomic E-state index is 0.00907. The molecule has 1 heterocycles. The summed E-state index contributed by atoms with van der Waals surface area (Å²) >= 11 is 0. The first-order chi connectivity index (χ1) is 7.19. The Morgan fingerprint density at radius 2 is 2.07 bits per heavy atom. The van der Waals surface area contributed by atoms with Gasteiger partial charge in [0.15, 0.2) is 0 Å². The molecule has 1 rings (SSSR count). The van der Waals surface area contributed by atoms with Crippen LogP contribution in [-0.4, -0.2) is 10.1 Å². The maximum atomic E-state index is 9.25. The number of aromatic nitrogens is 1. The van der Waals surface area contributed by atoms with Crippen molar-refractivity contribution in [1.29, 1.82) is 0 Å². The van der Waals surface area contributed by atoms with E-state index in [0.29, 0.717) is 5.69 Å². The molecular formula is C13H19NO. The molecule has 2 nitrogen and oxygen atoms in total. The molecule has 0 radical (unpaired) electrons. The molecule has 1 aromatic rings. The summed E-state index contributed by atoms with van der Waals surface area (Å²) in [4.78, 5) is 4.24. The second-order valence-corrected chi connectivity index (χ2v) is 2.74. The standard InChI is InChI=1S/C11H13NO.C2H6/c1-4-9-6-7-10(5-2)12-11(9)8(3)13;1-2/h4,6-7,13H,1,3,5H2,2H3;1-2H3. The highest BCUT2D eigenvalue weighted by atomic mass is 16.3. The number of hydrogen-bond acceptors (Lipinski definition) is 2. The van der Waals surface area contributed by atoms with E-state index >= 15 is 0 Å². The van der Waals surface area contributed by atoms with Gasteiger partial charge in [-0.1, -0.05) is 46.1 Å². The maximum Gasteiger partial charge on any atom is 0.134 e. The van der Waals surface area contributed by atoms with Crippen LogP contribution < -0.4 is 0 Å². The smallest absolute Gasteiger partial charge is 0.134 e. The van der Waals surface area contributed by atoms with Gasteiger partial charge >= 0.3 is 0 Å². The Morgan fingerprint density at radius 3 is 2.47 bits per heavy atom. The van der Waals surface area contributed by atoms with Gasteiger partial charge in [0.05, 0.1) is 0 Å². The van der Waals surface area contributed by atoms with Gasteiger partial charge in [-0.25, -0.2) is 4.98 Å². The molecule has 0 amide bonds. The first-order valence-corrected chi connectivity index (χ1v) is 5.19. The van der Waals surface area contributed by atoms with E-state index in [1.165, 1.54) is 0 Å². The zero-order chi connectivity index (χ0) is 11.8. The Balaban J connectivity index is 0.000000921. The molecule has 0 saturated heterocycles. The molecule has 0 spiro atoms. The van der Waals surface area contributed by atoms with E-state index in [9.17, 15) is 5.11 Å². The Hall–Kier alpha value is -1.57. The summed E-state index contributed by atoms with van der Waals surface area (Å²) in [6, 6.07) is 3.80. The van der Waals surface area contributed by atoms with Gasteiger partial charge in [0.1, 0.15) is 11.5 Å². The third-order valence-electron chi connectivity index (χ3n) is 1.84. The van der Waals surface area contributed by atoms with Gasteiger partial charge in [0.25, 0.3) is 0 Å². The van der Waals surface area contributed by atoms with Crippen LogP contribution >= 0.6 is 0 Å². The van der Waals surface area contributed by atoms with Crippen molar-refractivity contribution in [2.75, 3.05) is 0 Å². The second-order valence-electron chi connectivity index (χ2n) is 2.74. The zero-order valence-electron chi connectivity index (χ0n) is 9.75. The lowest BCUT2D eigenvalue weighted by Crippen LogP contribution is -1.96. The summed E-state index contributed by atoms with van der Waals surface area (Å²) in [6.07, 6.45) is 2.50. The highest BCUT2D eigenvalue weighted by molar-refractivity contribution is 5.65. The third-order valence-corrected chi connectivity index (χ3v) is 1.84. The fourth-order valence-corrected chi connectivity index (χ4v) is 1.10. The summed E-state index contributed by atoms with van der Waals surface area (Å²) in [5, 5.41) is 9.25. The van der Waals surface area contributed by atoms with E-state index in [-0.39, 0.29) is 5.76 Å². The van der Waals surface area contributed by atoms with Gasteiger partial charge in [-0.05, 0) is 12.5 Å². The molecule has 0 unspecified atom stereocenters. The van der Waals surface area contributed by atoms with Crippen molar-refractivity contribution in [3.05, 3.63) is 42.2 Å². The maximum absolute atomic E-state index is 9.25. The lowest BCUT2D eigenvalue weighted by molar-refractivity contribution is 0.510. The van der Waals surface area contributed by atoms with E-state index in [2.05, 4.69) is 18.1 Å². The molecule has 0 atom stereocenters. The van der Waals surface area contributed by atoms with Crippen LogP contribution in [0.3, 0.4) is 0 Å². The highest BCUT2D eigenvalue weighted by Crippen LogP contribution is 2.15. The molecule has 0 fully saturated rings. The fourth-order valence-electron chi connectivity index (χ4n) is 1.10. The van der Waals surface area contributed by atoms with E-state index in [0.717, 1.165) is 17.7 Å². The number of nitrogens with zero attached hydrogens (tertiary/aromatic N) is 1. The van der Waals surface area contributed by atoms with E-state index in [1.54, 1.807) is 6.08 Å². The highest BCUT2D eigenvalue weighted by Gasteiger charge is 2.04. The number of aryl methyl sites for hydroxylation is 1. The lowest BCUT2D eigenvalue weighted by atomic mass is 10.1. The molecule has 0 aliphatic rings. The average Bonchev–Trinajstić information content (AvgIpc) is 2.30. The number of rotatable bonds is 3. The molecule has 2 heteroatoms. The van der Waals surface area contributed by atoms with Gasteiger partial charge < -0.3 is 5.11 Å². The van der Waals surface area contributed by atoms with E-state index < -0.39 is 0 Å². The Morgan fingerprint density at radius 1 is 1.47 bits per heavy atom. The summed E-state index contributed by atoms with van der Waals surface area (Å²) in [6.45, 7) is 13.1. The fraction of sp³-hybridized carbons (Fsp3) is 0.308. The number of hydrogen-bond donors (Lipinski definition) is 1. The van der Waals surface area contributed by atoms with Crippen molar-refractivity contribution in [2.45, 2.75) is 27.2 Å². The van der Waals surface area contributed by atoms with Crippen molar-refractivity contribution in [2.24, 2.45) is 0 Å². The monoisotopic (exact) mass is 205 g/mol. The number of aliphatic hydroxyl groups is 1. The van der Waals surface area contributed by atoms with Crippen molar-refractivity contribution >= 4 is 11.8 Å². The van der Waals surface area contributed by atoms with Crippen molar-refractivity contribution in [1.82, 2.24) is 4.98 Å². The number of aliphatic hydroxyl groups excluding tert-OH is 1. The van der Waals surface area contributed by atoms with Gasteiger partial charge in [0, 0.05) is 11.3 Å². The first-order valence-electron chi connectivity index (χ1n) is 5.19. The van der Waals surface area contributed by atoms with Crippen molar-refractivity contribution in [3.8, 4) is 0 Å². The summed E-state index contributed by atoms with van der Waals surface area (Å²) in [5.41, 5.74) is 2.27. The SMILES string of the molecule is C=Cc1ccc(CC)nc1C(=C)O.CC. The minimum atomic E-state index is -0.00907. The van der Waals surface area contributed by atoms with Crippen molar-refractivity contribution in [3.63, 3.8) is 0 Å². The van der Waals surface area contributed by atoms with Crippen LogP contribution in [0.1, 0.15) is 37.7 Å². The molecule has 15 heavy (non-hydrogen) atoms. The van der Waals surface area contributed by atoms with E-state index in [4.69, 9.17) is 0 Å². The van der Waals surface area contributed by atoms with Crippen LogP contribution in [0.15, 0.2) is 25.3 Å². The van der Waals surface area contributed by atoms with Crippen LogP contribution in [0.25, 0.3) is 11.8 Å². The van der Waals surface area contributed by atoms with Crippen molar-refractivity contribution < 1.29 is 5.11 Å². The summed E-state index contributed by atoms with van der Waals surface area (Å²) < 4.78 is 0. The van der Waals surface area contributed by atoms with Crippen LogP contribution in [0.2, 0.25) is 0 Å². The van der Waals surface area contributed by atoms with Crippen LogP contribution in [0.5, 0.6) is 0 Å². The Labute approximate surface area is 92.0 Å². The molecule has 0 aliphatic heterocycles. The summed E-state index contributed by atoms with van der Waals surface area (Å²) in [5.74, 6) is -0.00907. The molecule has 82 valence electrons. The number of pyridine rings is 1. The first kappa shape index (κ1) is 13.4. The average molecular weight is 205 g/mol. The molecular weight excluding hydrogens is 186 g/mol. The molecule has 0 saturated carbocycles. The minimum Gasteiger partial charge on any atom is -0.506 e.